The number of hydrogen-bond donors (Lipinski definition) is 2. The summed E-state index contributed by atoms with van der Waals surface area (Å²) in [5, 5.41) is 14.5. The third-order valence-electron chi connectivity index (χ3n) is 7.17. The van der Waals surface area contributed by atoms with E-state index in [4.69, 9.17) is 11.6 Å². The summed E-state index contributed by atoms with van der Waals surface area (Å²) >= 11 is 6.49. The van der Waals surface area contributed by atoms with E-state index in [-0.39, 0.29) is 17.8 Å². The predicted molar refractivity (Wildman–Crippen MR) is 160 cm³/mol. The summed E-state index contributed by atoms with van der Waals surface area (Å²) in [6, 6.07) is 28.8. The number of nitrogens with zero attached hydrogens (tertiary/aromatic N) is 2. The van der Waals surface area contributed by atoms with E-state index in [1.54, 1.807) is 0 Å². The van der Waals surface area contributed by atoms with Crippen LogP contribution in [-0.4, -0.2) is 62.4 Å². The molecule has 0 spiro atoms. The first-order chi connectivity index (χ1) is 19.1. The van der Waals surface area contributed by atoms with Crippen LogP contribution in [0.4, 0.5) is 0 Å². The van der Waals surface area contributed by atoms with Crippen molar-refractivity contribution in [2.45, 2.75) is 75.8 Å². The molecular weight excluding hydrogens is 522 g/mol. The Bertz CT molecular complexity index is 1190. The van der Waals surface area contributed by atoms with Gasteiger partial charge in [0.05, 0.1) is 5.38 Å². The Kier molecular flexibility index (Phi) is 10.0. The maximum Gasteiger partial charge on any atom is 0.253 e. The van der Waals surface area contributed by atoms with Gasteiger partial charge in [0.2, 0.25) is 5.91 Å². The quantitative estimate of drug-likeness (QED) is 0.349. The van der Waals surface area contributed by atoms with Gasteiger partial charge in [0, 0.05) is 31.2 Å². The third kappa shape index (κ3) is 8.17. The molecule has 40 heavy (non-hydrogen) atoms. The molecule has 212 valence electrons. The lowest BCUT2D eigenvalue weighted by atomic mass is 9.96. The minimum Gasteiger partial charge on any atom is -0.382 e. The molecule has 0 unspecified atom stereocenters. The van der Waals surface area contributed by atoms with Crippen molar-refractivity contribution in [3.05, 3.63) is 108 Å². The van der Waals surface area contributed by atoms with E-state index in [9.17, 15) is 14.7 Å². The predicted octanol–water partition coefficient (Wildman–Crippen LogP) is 4.78. The summed E-state index contributed by atoms with van der Waals surface area (Å²) in [7, 11) is 0. The van der Waals surface area contributed by atoms with Crippen molar-refractivity contribution in [3.63, 3.8) is 0 Å². The zero-order valence-corrected chi connectivity index (χ0v) is 24.3. The van der Waals surface area contributed by atoms with Gasteiger partial charge in [0.1, 0.15) is 12.1 Å². The summed E-state index contributed by atoms with van der Waals surface area (Å²) in [6.45, 7) is 7.02. The second kappa shape index (κ2) is 13.4. The van der Waals surface area contributed by atoms with Gasteiger partial charge in [-0.3, -0.25) is 14.5 Å². The van der Waals surface area contributed by atoms with Gasteiger partial charge in [-0.1, -0.05) is 91.0 Å². The van der Waals surface area contributed by atoms with Crippen LogP contribution in [0.5, 0.6) is 0 Å². The van der Waals surface area contributed by atoms with E-state index < -0.39 is 29.6 Å². The van der Waals surface area contributed by atoms with Gasteiger partial charge < -0.3 is 15.3 Å². The molecule has 3 aromatic carbocycles. The number of aliphatic hydroxyl groups excluding tert-OH is 1. The topological polar surface area (TPSA) is 72.9 Å². The number of nitrogens with one attached hydrogen (secondary N) is 1. The van der Waals surface area contributed by atoms with E-state index in [1.165, 1.54) is 4.90 Å². The first-order valence-corrected chi connectivity index (χ1v) is 14.3. The molecule has 3 aromatic rings. The van der Waals surface area contributed by atoms with Crippen molar-refractivity contribution in [3.8, 4) is 0 Å². The molecule has 0 aromatic heterocycles. The zero-order valence-electron chi connectivity index (χ0n) is 23.5. The lowest BCUT2D eigenvalue weighted by molar-refractivity contribution is -0.149. The molecule has 1 aliphatic heterocycles. The molecule has 1 saturated heterocycles. The Balaban J connectivity index is 1.67. The van der Waals surface area contributed by atoms with Crippen LogP contribution in [0.2, 0.25) is 0 Å². The summed E-state index contributed by atoms with van der Waals surface area (Å²) < 4.78 is 0. The van der Waals surface area contributed by atoms with E-state index in [1.807, 2.05) is 87.5 Å². The van der Waals surface area contributed by atoms with Crippen LogP contribution >= 0.6 is 11.6 Å². The van der Waals surface area contributed by atoms with Crippen molar-refractivity contribution in [1.29, 1.82) is 0 Å². The molecular formula is C33H40ClN3O3. The second-order valence-corrected chi connectivity index (χ2v) is 12.3. The van der Waals surface area contributed by atoms with Crippen molar-refractivity contribution >= 4 is 23.4 Å². The highest BCUT2D eigenvalue weighted by atomic mass is 35.5. The first-order valence-electron chi connectivity index (χ1n) is 13.9. The number of benzene rings is 3. The molecule has 0 radical (unpaired) electrons. The Labute approximate surface area is 243 Å². The van der Waals surface area contributed by atoms with Crippen molar-refractivity contribution < 1.29 is 14.7 Å². The normalized spacial score (nSPS) is 18.9. The maximum atomic E-state index is 14.0. The van der Waals surface area contributed by atoms with Crippen LogP contribution in [-0.2, 0) is 29.1 Å². The third-order valence-corrected chi connectivity index (χ3v) is 7.48. The van der Waals surface area contributed by atoms with Crippen LogP contribution in [0.15, 0.2) is 91.0 Å². The molecule has 1 fully saturated rings. The number of carbonyl (C=O) groups excluding carboxylic acids is 2. The zero-order chi connectivity index (χ0) is 28.7. The SMILES string of the molecule is CC(C)(C)NC(=O)[C@@H]1C[C@H](Cl)CN1C(=O)[C@@H](O)[C@H](Cc1ccccc1)N(Cc1ccccc1)Cc1ccccc1. The number of likely N-dealkylation sites (tertiary alicyclic amines) is 1. The van der Waals surface area contributed by atoms with E-state index in [2.05, 4.69) is 34.5 Å². The molecule has 4 atom stereocenters. The largest absolute Gasteiger partial charge is 0.382 e. The molecule has 0 aliphatic carbocycles. The molecule has 4 rings (SSSR count). The summed E-state index contributed by atoms with van der Waals surface area (Å²) in [4.78, 5) is 30.8. The van der Waals surface area contributed by atoms with Crippen LogP contribution in [0.1, 0.15) is 43.9 Å². The number of rotatable bonds is 10. The van der Waals surface area contributed by atoms with Crippen molar-refractivity contribution in [2.75, 3.05) is 6.54 Å². The molecule has 2 amide bonds. The summed E-state index contributed by atoms with van der Waals surface area (Å²) in [5.74, 6) is -0.717. The van der Waals surface area contributed by atoms with Crippen LogP contribution in [0.25, 0.3) is 0 Å². The van der Waals surface area contributed by atoms with E-state index in [0.717, 1.165) is 16.7 Å². The van der Waals surface area contributed by atoms with Gasteiger partial charge in [-0.25, -0.2) is 0 Å². The number of aliphatic hydroxyl groups is 1. The number of amides is 2. The molecule has 7 heteroatoms. The fourth-order valence-electron chi connectivity index (χ4n) is 5.29. The molecule has 0 bridgehead atoms. The maximum absolute atomic E-state index is 14.0. The van der Waals surface area contributed by atoms with E-state index >= 15 is 0 Å². The van der Waals surface area contributed by atoms with Gasteiger partial charge in [-0.2, -0.15) is 0 Å². The standard InChI is InChI=1S/C33H40ClN3O3/c1-33(2,3)35-31(39)29-20-27(34)23-37(29)32(40)30(38)28(19-24-13-7-4-8-14-24)36(21-25-15-9-5-10-16-25)22-26-17-11-6-12-18-26/h4-18,27-30,38H,19-23H2,1-3H3,(H,35,39)/t27-,28-,29-,30-/m0/s1. The highest BCUT2D eigenvalue weighted by molar-refractivity contribution is 6.21. The monoisotopic (exact) mass is 561 g/mol. The van der Waals surface area contributed by atoms with Gasteiger partial charge in [0.25, 0.3) is 5.91 Å². The Morgan fingerprint density at radius 2 is 1.38 bits per heavy atom. The lowest BCUT2D eigenvalue weighted by Crippen LogP contribution is -2.57. The van der Waals surface area contributed by atoms with Crippen LogP contribution < -0.4 is 5.32 Å². The fraction of sp³-hybridized carbons (Fsp3) is 0.394. The van der Waals surface area contributed by atoms with Crippen molar-refractivity contribution in [1.82, 2.24) is 15.1 Å². The number of hydrogen-bond acceptors (Lipinski definition) is 4. The van der Waals surface area contributed by atoms with Crippen LogP contribution in [0.3, 0.4) is 0 Å². The summed E-state index contributed by atoms with van der Waals surface area (Å²) in [5.41, 5.74) is 2.73. The highest BCUT2D eigenvalue weighted by Gasteiger charge is 2.44. The highest BCUT2D eigenvalue weighted by Crippen LogP contribution is 2.27. The Morgan fingerprint density at radius 1 is 0.900 bits per heavy atom. The fourth-order valence-corrected chi connectivity index (χ4v) is 5.60. The minimum absolute atomic E-state index is 0.217. The minimum atomic E-state index is -1.36. The van der Waals surface area contributed by atoms with E-state index in [0.29, 0.717) is 25.9 Å². The van der Waals surface area contributed by atoms with Gasteiger partial charge in [0.15, 0.2) is 0 Å². The molecule has 1 aliphatic rings. The molecule has 2 N–H and O–H groups in total. The van der Waals surface area contributed by atoms with Gasteiger partial charge >= 0.3 is 0 Å². The molecule has 1 heterocycles. The average Bonchev–Trinajstić information content (AvgIpc) is 3.33. The average molecular weight is 562 g/mol. The number of alkyl halides is 1. The Hall–Kier alpha value is -3.19. The lowest BCUT2D eigenvalue weighted by Gasteiger charge is -2.37. The van der Waals surface area contributed by atoms with Crippen molar-refractivity contribution in [2.24, 2.45) is 0 Å². The molecule has 0 saturated carbocycles. The molecule has 6 nitrogen and oxygen atoms in total. The van der Waals surface area contributed by atoms with Crippen LogP contribution in [0, 0.1) is 0 Å². The second-order valence-electron chi connectivity index (χ2n) is 11.7. The first kappa shape index (κ1) is 29.8. The van der Waals surface area contributed by atoms with Gasteiger partial charge in [-0.05, 0) is 50.3 Å². The smallest absolute Gasteiger partial charge is 0.253 e. The number of halogens is 1. The Morgan fingerprint density at radius 3 is 1.85 bits per heavy atom. The van der Waals surface area contributed by atoms with Gasteiger partial charge in [-0.15, -0.1) is 11.6 Å². The summed E-state index contributed by atoms with van der Waals surface area (Å²) in [6.07, 6.45) is -0.549. The number of carbonyl (C=O) groups is 2.